The highest BCUT2D eigenvalue weighted by Gasteiger charge is 2.20. The number of nitrogens with zero attached hydrogens (tertiary/aromatic N) is 4. The van der Waals surface area contributed by atoms with Gasteiger partial charge in [-0.3, -0.25) is 0 Å². The van der Waals surface area contributed by atoms with Gasteiger partial charge in [-0.25, -0.2) is 19.9 Å². The van der Waals surface area contributed by atoms with Crippen molar-refractivity contribution in [2.24, 2.45) is 0 Å². The minimum Gasteiger partial charge on any atom is -0.455 e. The molecule has 5 nitrogen and oxygen atoms in total. The molecule has 216 valence electrons. The average molecular weight is 609 g/mol. The van der Waals surface area contributed by atoms with E-state index >= 15 is 0 Å². The van der Waals surface area contributed by atoms with Crippen LogP contribution in [0.25, 0.3) is 88.0 Å². The second kappa shape index (κ2) is 10.9. The van der Waals surface area contributed by atoms with E-state index in [9.17, 15) is 0 Å². The first-order valence-electron chi connectivity index (χ1n) is 15.1. The zero-order valence-corrected chi connectivity index (χ0v) is 25.3. The molecule has 0 aliphatic heterocycles. The Morgan fingerprint density at radius 3 is 1.70 bits per heavy atom. The fourth-order valence-electron chi connectivity index (χ4n) is 6.04. The zero-order valence-electron chi connectivity index (χ0n) is 24.5. The third kappa shape index (κ3) is 4.47. The Labute approximate surface area is 268 Å². The molecule has 0 aliphatic rings. The summed E-state index contributed by atoms with van der Waals surface area (Å²) in [4.78, 5) is 19.8. The fourth-order valence-corrected chi connectivity index (χ4v) is 7.14. The number of fused-ring (bicyclic) bond motifs is 4. The first kappa shape index (κ1) is 26.4. The highest BCUT2D eigenvalue weighted by atomic mass is 32.1. The average Bonchev–Trinajstić information content (AvgIpc) is 3.75. The summed E-state index contributed by atoms with van der Waals surface area (Å²) in [6.07, 6.45) is 0. The summed E-state index contributed by atoms with van der Waals surface area (Å²) >= 11 is 1.72. The SMILES string of the molecule is c1ccc(-c2nc(-c3ccccc3)nc(-c3cccc4c3oc3cccc(-c5cccc6nc(-c7ccccc7)sc56)c34)n2)cc1. The lowest BCUT2D eigenvalue weighted by atomic mass is 9.98. The van der Waals surface area contributed by atoms with Crippen molar-refractivity contribution in [1.82, 2.24) is 19.9 Å². The van der Waals surface area contributed by atoms with Gasteiger partial charge in [-0.1, -0.05) is 127 Å². The Morgan fingerprint density at radius 2 is 1.00 bits per heavy atom. The predicted molar refractivity (Wildman–Crippen MR) is 187 cm³/mol. The number of thiazole rings is 1. The van der Waals surface area contributed by atoms with Gasteiger partial charge in [0.05, 0.1) is 15.8 Å². The predicted octanol–water partition coefficient (Wildman–Crippen LogP) is 10.7. The van der Waals surface area contributed by atoms with Crippen LogP contribution < -0.4 is 0 Å². The van der Waals surface area contributed by atoms with Gasteiger partial charge in [-0.05, 0) is 23.8 Å². The van der Waals surface area contributed by atoms with E-state index in [2.05, 4.69) is 66.7 Å². The van der Waals surface area contributed by atoms with Crippen molar-refractivity contribution in [2.45, 2.75) is 0 Å². The molecular formula is C40H24N4OS. The summed E-state index contributed by atoms with van der Waals surface area (Å²) in [6, 6.07) is 49.2. The lowest BCUT2D eigenvalue weighted by Crippen LogP contribution is -2.00. The second-order valence-electron chi connectivity index (χ2n) is 11.0. The van der Waals surface area contributed by atoms with Crippen LogP contribution in [-0.4, -0.2) is 19.9 Å². The van der Waals surface area contributed by atoms with Crippen molar-refractivity contribution in [1.29, 1.82) is 0 Å². The van der Waals surface area contributed by atoms with Crippen LogP contribution >= 0.6 is 11.3 Å². The number of aromatic nitrogens is 4. The van der Waals surface area contributed by atoms with E-state index in [1.807, 2.05) is 78.9 Å². The van der Waals surface area contributed by atoms with Crippen molar-refractivity contribution in [2.75, 3.05) is 0 Å². The molecule has 6 heteroatoms. The van der Waals surface area contributed by atoms with Crippen LogP contribution in [0.15, 0.2) is 150 Å². The molecule has 0 aliphatic carbocycles. The smallest absolute Gasteiger partial charge is 0.167 e. The van der Waals surface area contributed by atoms with Crippen LogP contribution in [-0.2, 0) is 0 Å². The largest absolute Gasteiger partial charge is 0.455 e. The Bertz CT molecular complexity index is 2470. The first-order chi connectivity index (χ1) is 22.8. The Morgan fingerprint density at radius 1 is 0.435 bits per heavy atom. The number of hydrogen-bond donors (Lipinski definition) is 0. The summed E-state index contributed by atoms with van der Waals surface area (Å²) in [7, 11) is 0. The summed E-state index contributed by atoms with van der Waals surface area (Å²) in [5.74, 6) is 1.80. The van der Waals surface area contributed by atoms with Gasteiger partial charge in [0.2, 0.25) is 0 Å². The topological polar surface area (TPSA) is 64.7 Å². The summed E-state index contributed by atoms with van der Waals surface area (Å²) < 4.78 is 7.82. The summed E-state index contributed by atoms with van der Waals surface area (Å²) in [5, 5.41) is 3.07. The van der Waals surface area contributed by atoms with Gasteiger partial charge in [0, 0.05) is 33.0 Å². The molecule has 0 fully saturated rings. The van der Waals surface area contributed by atoms with E-state index in [1.165, 1.54) is 0 Å². The van der Waals surface area contributed by atoms with E-state index in [0.29, 0.717) is 17.5 Å². The van der Waals surface area contributed by atoms with Crippen molar-refractivity contribution >= 4 is 43.5 Å². The fraction of sp³-hybridized carbons (Fsp3) is 0. The number of para-hydroxylation sites is 1. The lowest BCUT2D eigenvalue weighted by Gasteiger charge is -2.08. The molecular weight excluding hydrogens is 585 g/mol. The summed E-state index contributed by atoms with van der Waals surface area (Å²) in [6.45, 7) is 0. The molecule has 3 heterocycles. The van der Waals surface area contributed by atoms with E-state index in [0.717, 1.165) is 70.5 Å². The third-order valence-corrected chi connectivity index (χ3v) is 9.34. The van der Waals surface area contributed by atoms with E-state index in [4.69, 9.17) is 24.4 Å². The zero-order chi connectivity index (χ0) is 30.5. The molecule has 0 saturated heterocycles. The first-order valence-corrected chi connectivity index (χ1v) is 15.9. The Kier molecular flexibility index (Phi) is 6.25. The number of rotatable bonds is 5. The van der Waals surface area contributed by atoms with Gasteiger partial charge < -0.3 is 4.42 Å². The van der Waals surface area contributed by atoms with Gasteiger partial charge in [0.15, 0.2) is 17.5 Å². The molecule has 3 aromatic heterocycles. The molecule has 0 unspecified atom stereocenters. The van der Waals surface area contributed by atoms with Gasteiger partial charge >= 0.3 is 0 Å². The molecule has 9 rings (SSSR count). The van der Waals surface area contributed by atoms with Crippen molar-refractivity contribution in [3.05, 3.63) is 146 Å². The third-order valence-electron chi connectivity index (χ3n) is 8.19. The van der Waals surface area contributed by atoms with Gasteiger partial charge in [0.1, 0.15) is 16.2 Å². The minimum absolute atomic E-state index is 0.566. The van der Waals surface area contributed by atoms with E-state index in [1.54, 1.807) is 11.3 Å². The summed E-state index contributed by atoms with van der Waals surface area (Å²) in [5.41, 5.74) is 8.57. The Balaban J connectivity index is 1.26. The number of furan rings is 1. The van der Waals surface area contributed by atoms with Crippen molar-refractivity contribution in [3.8, 4) is 55.9 Å². The maximum Gasteiger partial charge on any atom is 0.167 e. The number of hydrogen-bond acceptors (Lipinski definition) is 6. The van der Waals surface area contributed by atoms with Crippen LogP contribution in [0.2, 0.25) is 0 Å². The van der Waals surface area contributed by atoms with Gasteiger partial charge in [0.25, 0.3) is 0 Å². The van der Waals surface area contributed by atoms with Crippen LogP contribution in [0.1, 0.15) is 0 Å². The lowest BCUT2D eigenvalue weighted by molar-refractivity contribution is 0.669. The normalized spacial score (nSPS) is 11.5. The molecule has 0 radical (unpaired) electrons. The molecule has 46 heavy (non-hydrogen) atoms. The quantitative estimate of drug-likeness (QED) is 0.194. The van der Waals surface area contributed by atoms with E-state index < -0.39 is 0 Å². The molecule has 0 spiro atoms. The second-order valence-corrected chi connectivity index (χ2v) is 12.0. The standard InChI is InChI=1S/C40H24N4OS/c1-4-13-25(14-5-1)37-42-38(26-15-6-2-7-16-26)44-39(43-37)31-22-10-21-30-34-28(19-12-24-33(34)45-35(30)31)29-20-11-23-32-36(29)46-40(41-32)27-17-8-3-9-18-27/h1-24H. The molecule has 0 amide bonds. The molecule has 0 atom stereocenters. The Hall–Kier alpha value is -5.98. The maximum absolute atomic E-state index is 6.67. The van der Waals surface area contributed by atoms with Crippen LogP contribution in [0, 0.1) is 0 Å². The number of benzene rings is 6. The molecule has 0 N–H and O–H groups in total. The van der Waals surface area contributed by atoms with Crippen LogP contribution in [0.5, 0.6) is 0 Å². The van der Waals surface area contributed by atoms with Crippen LogP contribution in [0.4, 0.5) is 0 Å². The van der Waals surface area contributed by atoms with Crippen molar-refractivity contribution in [3.63, 3.8) is 0 Å². The van der Waals surface area contributed by atoms with Crippen LogP contribution in [0.3, 0.4) is 0 Å². The van der Waals surface area contributed by atoms with Crippen molar-refractivity contribution < 1.29 is 4.42 Å². The maximum atomic E-state index is 6.67. The highest BCUT2D eigenvalue weighted by molar-refractivity contribution is 7.22. The van der Waals surface area contributed by atoms with E-state index in [-0.39, 0.29) is 0 Å². The van der Waals surface area contributed by atoms with Gasteiger partial charge in [-0.2, -0.15) is 0 Å². The molecule has 0 saturated carbocycles. The molecule has 6 aromatic carbocycles. The minimum atomic E-state index is 0.566. The van der Waals surface area contributed by atoms with Gasteiger partial charge in [-0.15, -0.1) is 11.3 Å². The highest BCUT2D eigenvalue weighted by Crippen LogP contribution is 2.43. The molecule has 9 aromatic rings. The monoisotopic (exact) mass is 608 g/mol. The molecule has 0 bridgehead atoms.